The Morgan fingerprint density at radius 2 is 2.00 bits per heavy atom. The summed E-state index contributed by atoms with van der Waals surface area (Å²) in [6.07, 6.45) is 0. The van der Waals surface area contributed by atoms with Crippen LogP contribution in [0.15, 0.2) is 24.3 Å². The van der Waals surface area contributed by atoms with Crippen molar-refractivity contribution in [2.75, 3.05) is 0 Å². The predicted octanol–water partition coefficient (Wildman–Crippen LogP) is 2.41. The van der Waals surface area contributed by atoms with Crippen LogP contribution in [0.2, 0.25) is 0 Å². The Balaban J connectivity index is -0.000000270. The first-order valence-electron chi connectivity index (χ1n) is 2.64. The molecule has 0 aliphatic heterocycles. The molecule has 0 saturated heterocycles. The van der Waals surface area contributed by atoms with Crippen LogP contribution in [0.4, 0.5) is 4.39 Å². The van der Waals surface area contributed by atoms with Crippen LogP contribution in [0, 0.1) is 5.82 Å². The molecular weight excluding hydrogens is 163 g/mol. The molecule has 0 unspecified atom stereocenters. The maximum absolute atomic E-state index is 12.5. The topological polar surface area (TPSA) is 0 Å². The quantitative estimate of drug-likeness (QED) is 0.449. The van der Waals surface area contributed by atoms with Gasteiger partial charge < -0.3 is 2.85 Å². The minimum Gasteiger partial charge on any atom is -1.00 e. The molecule has 0 aromatic heterocycles. The molecule has 0 saturated carbocycles. The van der Waals surface area contributed by atoms with Gasteiger partial charge in [0.25, 0.3) is 0 Å². The maximum Gasteiger partial charge on any atom is 2.00 e. The Morgan fingerprint density at radius 1 is 1.40 bits per heavy atom. The van der Waals surface area contributed by atoms with E-state index in [0.29, 0.717) is 5.56 Å². The van der Waals surface area contributed by atoms with Gasteiger partial charge in [0.2, 0.25) is 0 Å². The predicted molar refractivity (Wildman–Crippen MR) is 43.9 cm³/mol. The van der Waals surface area contributed by atoms with Crippen molar-refractivity contribution in [3.63, 3.8) is 0 Å². The van der Waals surface area contributed by atoms with Crippen molar-refractivity contribution < 1.29 is 7.24 Å². The number of hydrogen-bond donors (Lipinski definition) is 0. The van der Waals surface area contributed by atoms with Gasteiger partial charge >= 0.3 is 23.1 Å². The van der Waals surface area contributed by atoms with Crippen molar-refractivity contribution in [3.05, 3.63) is 35.6 Å². The van der Waals surface area contributed by atoms with Crippen LogP contribution in [0.25, 0.3) is 0 Å². The standard InChI is InChI=1S/C7H6ClF.Mg.2H/c8-5-6-3-1-2-4-7(6)9;;;/h1-4H,5H2;;;/q;+2;2*-1. The van der Waals surface area contributed by atoms with E-state index in [1.807, 2.05) is 0 Å². The van der Waals surface area contributed by atoms with E-state index >= 15 is 0 Å². The SMILES string of the molecule is Fc1ccccc1CCl.[H-].[H-].[Mg+2]. The first kappa shape index (κ1) is 10.2. The molecule has 3 heteroatoms. The van der Waals surface area contributed by atoms with Gasteiger partial charge in [0.15, 0.2) is 0 Å². The van der Waals surface area contributed by atoms with Crippen molar-refractivity contribution in [2.24, 2.45) is 0 Å². The number of halogens is 2. The second-order valence-electron chi connectivity index (χ2n) is 1.73. The van der Waals surface area contributed by atoms with E-state index < -0.39 is 0 Å². The Morgan fingerprint density at radius 3 is 2.40 bits per heavy atom. The molecule has 52 valence electrons. The number of benzene rings is 1. The average molecular weight is 171 g/mol. The zero-order valence-corrected chi connectivity index (χ0v) is 7.65. The third kappa shape index (κ3) is 2.44. The average Bonchev–Trinajstić information content (AvgIpc) is 1.89. The summed E-state index contributed by atoms with van der Waals surface area (Å²) < 4.78 is 12.5. The molecule has 1 rings (SSSR count). The summed E-state index contributed by atoms with van der Waals surface area (Å²) in [5.41, 5.74) is 0.555. The van der Waals surface area contributed by atoms with E-state index in [1.165, 1.54) is 6.07 Å². The van der Waals surface area contributed by atoms with Gasteiger partial charge in [-0.3, -0.25) is 0 Å². The summed E-state index contributed by atoms with van der Waals surface area (Å²) in [4.78, 5) is 0. The van der Waals surface area contributed by atoms with Gasteiger partial charge in [-0.05, 0) is 6.07 Å². The first-order valence-corrected chi connectivity index (χ1v) is 3.17. The molecule has 0 amide bonds. The van der Waals surface area contributed by atoms with Gasteiger partial charge in [-0.25, -0.2) is 4.39 Å². The maximum atomic E-state index is 12.5. The Bertz CT molecular complexity index is 210. The summed E-state index contributed by atoms with van der Waals surface area (Å²) in [6.45, 7) is 0. The molecule has 0 fully saturated rings. The molecule has 10 heavy (non-hydrogen) atoms. The van der Waals surface area contributed by atoms with Gasteiger partial charge in [0.1, 0.15) is 5.82 Å². The molecule has 0 bridgehead atoms. The van der Waals surface area contributed by atoms with Gasteiger partial charge in [-0.1, -0.05) is 18.2 Å². The van der Waals surface area contributed by atoms with Crippen LogP contribution in [0.1, 0.15) is 8.42 Å². The van der Waals surface area contributed by atoms with Gasteiger partial charge in [0.05, 0.1) is 5.88 Å². The van der Waals surface area contributed by atoms with Crippen LogP contribution in [0.5, 0.6) is 0 Å². The van der Waals surface area contributed by atoms with Crippen molar-refractivity contribution in [1.29, 1.82) is 0 Å². The van der Waals surface area contributed by atoms with Crippen LogP contribution >= 0.6 is 11.6 Å². The van der Waals surface area contributed by atoms with Gasteiger partial charge in [-0.15, -0.1) is 11.6 Å². The zero-order valence-electron chi connectivity index (χ0n) is 7.48. The normalized spacial score (nSPS) is 8.60. The molecular formula is C7H8ClFMg. The molecule has 0 atom stereocenters. The van der Waals surface area contributed by atoms with Crippen LogP contribution < -0.4 is 0 Å². The molecule has 1 aromatic carbocycles. The monoisotopic (exact) mass is 170 g/mol. The largest absolute Gasteiger partial charge is 2.00 e. The molecule has 0 aliphatic rings. The molecule has 0 heterocycles. The first-order chi connectivity index (χ1) is 4.34. The minimum absolute atomic E-state index is 0. The van der Waals surface area contributed by atoms with E-state index in [0.717, 1.165) is 0 Å². The third-order valence-electron chi connectivity index (χ3n) is 1.10. The fraction of sp³-hybridized carbons (Fsp3) is 0.143. The van der Waals surface area contributed by atoms with Crippen LogP contribution in [0.3, 0.4) is 0 Å². The Kier molecular flexibility index (Phi) is 5.04. The Hall–Kier alpha value is 0.206. The van der Waals surface area contributed by atoms with Crippen LogP contribution in [-0.2, 0) is 5.88 Å². The second-order valence-corrected chi connectivity index (χ2v) is 1.99. The van der Waals surface area contributed by atoms with E-state index in [9.17, 15) is 4.39 Å². The van der Waals surface area contributed by atoms with Crippen LogP contribution in [-0.4, -0.2) is 23.1 Å². The van der Waals surface area contributed by atoms with Crippen molar-refractivity contribution >= 4 is 34.7 Å². The summed E-state index contributed by atoms with van der Waals surface area (Å²) >= 11 is 5.39. The molecule has 0 aliphatic carbocycles. The number of alkyl halides is 1. The smallest absolute Gasteiger partial charge is 1.00 e. The number of hydrogen-bond acceptors (Lipinski definition) is 0. The van der Waals surface area contributed by atoms with Gasteiger partial charge in [0, 0.05) is 5.56 Å². The second kappa shape index (κ2) is 4.94. The summed E-state index contributed by atoms with van der Waals surface area (Å²) in [7, 11) is 0. The Labute approximate surface area is 83.5 Å². The molecule has 1 aromatic rings. The molecule has 0 N–H and O–H groups in total. The van der Waals surface area contributed by atoms with Crippen molar-refractivity contribution in [2.45, 2.75) is 5.88 Å². The summed E-state index contributed by atoms with van der Waals surface area (Å²) in [6, 6.07) is 6.48. The van der Waals surface area contributed by atoms with E-state index in [2.05, 4.69) is 0 Å². The molecule has 0 radical (unpaired) electrons. The van der Waals surface area contributed by atoms with Crippen molar-refractivity contribution in [3.8, 4) is 0 Å². The fourth-order valence-corrected chi connectivity index (χ4v) is 0.824. The van der Waals surface area contributed by atoms with Crippen molar-refractivity contribution in [1.82, 2.24) is 0 Å². The fourth-order valence-electron chi connectivity index (χ4n) is 0.607. The summed E-state index contributed by atoms with van der Waals surface area (Å²) in [5.74, 6) is 0.0136. The minimum atomic E-state index is -0.229. The molecule has 0 nitrogen and oxygen atoms in total. The van der Waals surface area contributed by atoms with E-state index in [1.54, 1.807) is 18.2 Å². The number of rotatable bonds is 1. The van der Waals surface area contributed by atoms with E-state index in [-0.39, 0.29) is 37.6 Å². The van der Waals surface area contributed by atoms with E-state index in [4.69, 9.17) is 11.6 Å². The molecule has 0 spiro atoms. The van der Waals surface area contributed by atoms with Gasteiger partial charge in [-0.2, -0.15) is 0 Å². The third-order valence-corrected chi connectivity index (χ3v) is 1.39. The summed E-state index contributed by atoms with van der Waals surface area (Å²) in [5, 5.41) is 0. The zero-order chi connectivity index (χ0) is 6.69.